The summed E-state index contributed by atoms with van der Waals surface area (Å²) >= 11 is 0. The van der Waals surface area contributed by atoms with Crippen molar-refractivity contribution < 1.29 is 4.79 Å². The number of nitrogens with one attached hydrogen (secondary N) is 1. The number of nitriles is 1. The van der Waals surface area contributed by atoms with Gasteiger partial charge in [-0.05, 0) is 43.7 Å². The predicted octanol–water partition coefficient (Wildman–Crippen LogP) is 1.58. The molecule has 0 atom stereocenters. The van der Waals surface area contributed by atoms with Gasteiger partial charge in [0.25, 0.3) is 0 Å². The van der Waals surface area contributed by atoms with Gasteiger partial charge in [0.15, 0.2) is 0 Å². The van der Waals surface area contributed by atoms with E-state index in [1.54, 1.807) is 0 Å². The fourth-order valence-corrected chi connectivity index (χ4v) is 3.45. The Hall–Kier alpha value is -2.22. The van der Waals surface area contributed by atoms with Gasteiger partial charge in [-0.2, -0.15) is 5.26 Å². The van der Waals surface area contributed by atoms with Crippen LogP contribution in [-0.2, 0) is 11.2 Å². The minimum Gasteiger partial charge on any atom is -0.397 e. The number of nitrogens with two attached hydrogens (primary N) is 1. The Balaban J connectivity index is 1.69. The molecule has 1 aromatic carbocycles. The number of hydrogen-bond donors (Lipinski definition) is 2. The molecule has 1 saturated carbocycles. The number of hydrogen-bond acceptors (Lipinski definition) is 4. The van der Waals surface area contributed by atoms with Gasteiger partial charge in [0, 0.05) is 6.54 Å². The summed E-state index contributed by atoms with van der Waals surface area (Å²) in [7, 11) is 0. The van der Waals surface area contributed by atoms with Crippen LogP contribution in [0.2, 0.25) is 0 Å². The van der Waals surface area contributed by atoms with E-state index in [9.17, 15) is 10.1 Å². The number of carbonyl (C=O) groups excluding carboxylic acids is 1. The maximum Gasteiger partial charge on any atom is 0.240 e. The molecule has 3 N–H and O–H groups in total. The molecular weight excluding hydrogens is 264 g/mol. The molecule has 1 heterocycles. The summed E-state index contributed by atoms with van der Waals surface area (Å²) in [4.78, 5) is 14.3. The maximum atomic E-state index is 12.3. The maximum absolute atomic E-state index is 12.3. The number of nitrogens with zero attached hydrogens (tertiary/aromatic N) is 2. The second-order valence-electron chi connectivity index (χ2n) is 5.98. The van der Waals surface area contributed by atoms with Gasteiger partial charge in [0.05, 0.1) is 24.0 Å². The van der Waals surface area contributed by atoms with E-state index >= 15 is 0 Å². The standard InChI is InChI=1S/C16H20N4O/c17-11-16(7-1-2-8-16)19-14(21)10-20-9-6-12-4-3-5-13(18)15(12)20/h3-5H,1-2,6-10,18H2,(H,19,21). The smallest absolute Gasteiger partial charge is 0.240 e. The van der Waals surface area contributed by atoms with E-state index in [4.69, 9.17) is 5.73 Å². The van der Waals surface area contributed by atoms with Crippen molar-refractivity contribution in [2.45, 2.75) is 37.6 Å². The second-order valence-corrected chi connectivity index (χ2v) is 5.98. The van der Waals surface area contributed by atoms with Gasteiger partial charge < -0.3 is 16.0 Å². The summed E-state index contributed by atoms with van der Waals surface area (Å²) in [6.45, 7) is 1.07. The number of para-hydroxylation sites is 1. The number of amides is 1. The first-order chi connectivity index (χ1) is 10.1. The average Bonchev–Trinajstić information content (AvgIpc) is 3.08. The van der Waals surface area contributed by atoms with E-state index in [1.165, 1.54) is 5.56 Å². The van der Waals surface area contributed by atoms with E-state index in [1.807, 2.05) is 17.0 Å². The predicted molar refractivity (Wildman–Crippen MR) is 81.7 cm³/mol. The van der Waals surface area contributed by atoms with Gasteiger partial charge in [0.1, 0.15) is 5.54 Å². The first-order valence-electron chi connectivity index (χ1n) is 7.48. The summed E-state index contributed by atoms with van der Waals surface area (Å²) in [5.41, 5.74) is 8.26. The first kappa shape index (κ1) is 13.7. The zero-order valence-corrected chi connectivity index (χ0v) is 12.1. The molecule has 1 aromatic rings. The van der Waals surface area contributed by atoms with Crippen molar-refractivity contribution in [3.8, 4) is 6.07 Å². The second kappa shape index (κ2) is 5.28. The quantitative estimate of drug-likeness (QED) is 0.826. The van der Waals surface area contributed by atoms with Crippen LogP contribution < -0.4 is 16.0 Å². The van der Waals surface area contributed by atoms with E-state index in [-0.39, 0.29) is 12.5 Å². The summed E-state index contributed by atoms with van der Waals surface area (Å²) in [5, 5.41) is 12.3. The van der Waals surface area contributed by atoms with E-state index in [2.05, 4.69) is 17.5 Å². The van der Waals surface area contributed by atoms with Crippen molar-refractivity contribution >= 4 is 17.3 Å². The number of benzene rings is 1. The van der Waals surface area contributed by atoms with E-state index in [0.29, 0.717) is 5.69 Å². The number of fused-ring (bicyclic) bond motifs is 1. The third-order valence-electron chi connectivity index (χ3n) is 4.50. The molecule has 5 nitrogen and oxygen atoms in total. The zero-order chi connectivity index (χ0) is 14.9. The Morgan fingerprint density at radius 2 is 2.19 bits per heavy atom. The molecule has 0 saturated heterocycles. The van der Waals surface area contributed by atoms with Crippen molar-refractivity contribution in [1.29, 1.82) is 5.26 Å². The summed E-state index contributed by atoms with van der Waals surface area (Å²) in [6, 6.07) is 8.15. The third-order valence-corrected chi connectivity index (χ3v) is 4.50. The summed E-state index contributed by atoms with van der Waals surface area (Å²) < 4.78 is 0. The zero-order valence-electron chi connectivity index (χ0n) is 12.1. The minimum absolute atomic E-state index is 0.0884. The molecule has 1 fully saturated rings. The molecule has 0 spiro atoms. The highest BCUT2D eigenvalue weighted by atomic mass is 16.2. The highest BCUT2D eigenvalue weighted by Crippen LogP contribution is 2.33. The monoisotopic (exact) mass is 284 g/mol. The molecule has 1 aliphatic carbocycles. The molecule has 1 aliphatic heterocycles. The molecule has 0 unspecified atom stereocenters. The Kier molecular flexibility index (Phi) is 3.46. The Morgan fingerprint density at radius 3 is 2.90 bits per heavy atom. The van der Waals surface area contributed by atoms with E-state index < -0.39 is 5.54 Å². The molecule has 2 aliphatic rings. The molecule has 21 heavy (non-hydrogen) atoms. The largest absolute Gasteiger partial charge is 0.397 e. The Morgan fingerprint density at radius 1 is 1.43 bits per heavy atom. The number of anilines is 2. The van der Waals surface area contributed by atoms with Gasteiger partial charge in [-0.25, -0.2) is 0 Å². The molecule has 110 valence electrons. The van der Waals surface area contributed by atoms with Gasteiger partial charge in [-0.3, -0.25) is 4.79 Å². The van der Waals surface area contributed by atoms with Crippen LogP contribution >= 0.6 is 0 Å². The lowest BCUT2D eigenvalue weighted by molar-refractivity contribution is -0.121. The van der Waals surface area contributed by atoms with Crippen LogP contribution in [0.3, 0.4) is 0 Å². The number of rotatable bonds is 3. The molecule has 0 bridgehead atoms. The first-order valence-corrected chi connectivity index (χ1v) is 7.48. The van der Waals surface area contributed by atoms with Gasteiger partial charge in [-0.1, -0.05) is 12.1 Å². The minimum atomic E-state index is -0.651. The van der Waals surface area contributed by atoms with Crippen LogP contribution in [0.5, 0.6) is 0 Å². The Bertz CT molecular complexity index is 599. The van der Waals surface area contributed by atoms with Crippen molar-refractivity contribution in [3.63, 3.8) is 0 Å². The van der Waals surface area contributed by atoms with Crippen molar-refractivity contribution in [2.75, 3.05) is 23.7 Å². The number of carbonyl (C=O) groups is 1. The molecule has 3 rings (SSSR count). The van der Waals surface area contributed by atoms with Crippen molar-refractivity contribution in [1.82, 2.24) is 5.32 Å². The van der Waals surface area contributed by atoms with Gasteiger partial charge in [0.2, 0.25) is 5.91 Å². The van der Waals surface area contributed by atoms with E-state index in [0.717, 1.165) is 44.3 Å². The third kappa shape index (κ3) is 2.54. The van der Waals surface area contributed by atoms with Crippen LogP contribution in [-0.4, -0.2) is 24.5 Å². The fourth-order valence-electron chi connectivity index (χ4n) is 3.45. The lowest BCUT2D eigenvalue weighted by Gasteiger charge is -2.25. The van der Waals surface area contributed by atoms with Gasteiger partial charge in [-0.15, -0.1) is 0 Å². The normalized spacial score (nSPS) is 19.1. The molecule has 0 aromatic heterocycles. The lowest BCUT2D eigenvalue weighted by Crippen LogP contribution is -2.49. The Labute approximate surface area is 124 Å². The van der Waals surface area contributed by atoms with Crippen LogP contribution in [0, 0.1) is 11.3 Å². The molecule has 5 heteroatoms. The van der Waals surface area contributed by atoms with Crippen LogP contribution in [0.4, 0.5) is 11.4 Å². The fraction of sp³-hybridized carbons (Fsp3) is 0.500. The molecule has 0 radical (unpaired) electrons. The topological polar surface area (TPSA) is 82.2 Å². The van der Waals surface area contributed by atoms with Crippen LogP contribution in [0.1, 0.15) is 31.2 Å². The van der Waals surface area contributed by atoms with Crippen LogP contribution in [0.15, 0.2) is 18.2 Å². The number of nitrogen functional groups attached to an aromatic ring is 1. The summed E-state index contributed by atoms with van der Waals surface area (Å²) in [6.07, 6.45) is 4.44. The van der Waals surface area contributed by atoms with Gasteiger partial charge >= 0.3 is 0 Å². The average molecular weight is 284 g/mol. The lowest BCUT2D eigenvalue weighted by atomic mass is 10.00. The molecular formula is C16H20N4O. The van der Waals surface area contributed by atoms with Crippen molar-refractivity contribution in [2.24, 2.45) is 0 Å². The highest BCUT2D eigenvalue weighted by Gasteiger charge is 2.36. The highest BCUT2D eigenvalue weighted by molar-refractivity contribution is 5.85. The SMILES string of the molecule is N#CC1(NC(=O)CN2CCc3cccc(N)c32)CCCC1. The summed E-state index contributed by atoms with van der Waals surface area (Å²) in [5.74, 6) is -0.0884. The molecule has 1 amide bonds. The van der Waals surface area contributed by atoms with Crippen molar-refractivity contribution in [3.05, 3.63) is 23.8 Å². The van der Waals surface area contributed by atoms with Crippen LogP contribution in [0.25, 0.3) is 0 Å².